The van der Waals surface area contributed by atoms with Gasteiger partial charge in [-0.1, -0.05) is 32.1 Å². The minimum Gasteiger partial charge on any atom is -0.330 e. The van der Waals surface area contributed by atoms with Crippen molar-refractivity contribution in [1.29, 1.82) is 0 Å². The number of rotatable bonds is 4. The molecule has 1 aliphatic carbocycles. The van der Waals surface area contributed by atoms with E-state index >= 15 is 0 Å². The van der Waals surface area contributed by atoms with Crippen molar-refractivity contribution in [1.82, 2.24) is 0 Å². The van der Waals surface area contributed by atoms with Crippen molar-refractivity contribution >= 4 is 11.8 Å². The summed E-state index contributed by atoms with van der Waals surface area (Å²) >= 11 is 1.97. The molecule has 0 aromatic heterocycles. The Morgan fingerprint density at radius 3 is 2.14 bits per heavy atom. The smallest absolute Gasteiger partial charge is 0.00202 e. The summed E-state index contributed by atoms with van der Waals surface area (Å²) in [6.07, 6.45) is 13.4. The fourth-order valence-corrected chi connectivity index (χ4v) is 3.17. The van der Waals surface area contributed by atoms with E-state index in [0.29, 0.717) is 5.41 Å². The summed E-state index contributed by atoms with van der Waals surface area (Å²) in [4.78, 5) is 0. The van der Waals surface area contributed by atoms with Gasteiger partial charge in [0.1, 0.15) is 0 Å². The van der Waals surface area contributed by atoms with Crippen LogP contribution in [0.1, 0.15) is 51.4 Å². The van der Waals surface area contributed by atoms with E-state index in [0.717, 1.165) is 6.54 Å². The van der Waals surface area contributed by atoms with E-state index in [2.05, 4.69) is 6.26 Å². The van der Waals surface area contributed by atoms with Gasteiger partial charge in [0.15, 0.2) is 0 Å². The Hall–Kier alpha value is 0.310. The molecule has 1 rings (SSSR count). The predicted octanol–water partition coefficient (Wildman–Crippen LogP) is 3.43. The number of nitrogens with two attached hydrogens (primary N) is 1. The average molecular weight is 215 g/mol. The third kappa shape index (κ3) is 3.82. The molecule has 0 aromatic rings. The summed E-state index contributed by atoms with van der Waals surface area (Å²) in [6, 6.07) is 0. The first-order valence-electron chi connectivity index (χ1n) is 6.02. The van der Waals surface area contributed by atoms with Gasteiger partial charge in [0, 0.05) is 0 Å². The molecule has 0 saturated heterocycles. The molecule has 1 saturated carbocycles. The van der Waals surface area contributed by atoms with Gasteiger partial charge in [-0.25, -0.2) is 0 Å². The maximum atomic E-state index is 5.99. The van der Waals surface area contributed by atoms with Gasteiger partial charge in [-0.15, -0.1) is 0 Å². The van der Waals surface area contributed by atoms with Gasteiger partial charge >= 0.3 is 0 Å². The van der Waals surface area contributed by atoms with Crippen LogP contribution in [0.25, 0.3) is 0 Å². The molecule has 2 heteroatoms. The number of hydrogen-bond acceptors (Lipinski definition) is 2. The zero-order valence-electron chi connectivity index (χ0n) is 9.56. The summed E-state index contributed by atoms with van der Waals surface area (Å²) in [5.74, 6) is 1.29. The summed E-state index contributed by atoms with van der Waals surface area (Å²) in [6.45, 7) is 0.910. The second-order valence-corrected chi connectivity index (χ2v) is 5.70. The number of thioether (sulfide) groups is 1. The molecule has 0 aromatic carbocycles. The first-order valence-corrected chi connectivity index (χ1v) is 7.41. The molecule has 0 spiro atoms. The van der Waals surface area contributed by atoms with Gasteiger partial charge in [0.05, 0.1) is 0 Å². The van der Waals surface area contributed by atoms with Gasteiger partial charge in [-0.05, 0) is 43.2 Å². The van der Waals surface area contributed by atoms with Crippen LogP contribution < -0.4 is 5.73 Å². The predicted molar refractivity (Wildman–Crippen MR) is 66.8 cm³/mol. The van der Waals surface area contributed by atoms with Gasteiger partial charge in [0.25, 0.3) is 0 Å². The summed E-state index contributed by atoms with van der Waals surface area (Å²) < 4.78 is 0. The van der Waals surface area contributed by atoms with Crippen LogP contribution in [0, 0.1) is 5.41 Å². The molecule has 1 fully saturated rings. The van der Waals surface area contributed by atoms with Crippen molar-refractivity contribution in [3.63, 3.8) is 0 Å². The van der Waals surface area contributed by atoms with E-state index in [4.69, 9.17) is 5.73 Å². The highest BCUT2D eigenvalue weighted by atomic mass is 32.2. The number of hydrogen-bond donors (Lipinski definition) is 1. The van der Waals surface area contributed by atoms with Crippen molar-refractivity contribution in [2.75, 3.05) is 18.6 Å². The van der Waals surface area contributed by atoms with Crippen LogP contribution >= 0.6 is 11.8 Å². The molecule has 84 valence electrons. The molecule has 2 N–H and O–H groups in total. The molecule has 1 nitrogen and oxygen atoms in total. The Labute approximate surface area is 93.2 Å². The third-order valence-corrected chi connectivity index (χ3v) is 4.30. The van der Waals surface area contributed by atoms with E-state index in [1.54, 1.807) is 0 Å². The van der Waals surface area contributed by atoms with Gasteiger partial charge in [0.2, 0.25) is 0 Å². The molecule has 0 bridgehead atoms. The average Bonchev–Trinajstić information content (AvgIpc) is 2.18. The SMILES string of the molecule is CSCCC1(CN)CCCCCCC1. The lowest BCUT2D eigenvalue weighted by atomic mass is 9.74. The standard InChI is InChI=1S/C12H25NS/c1-14-10-9-12(11-13)7-5-3-2-4-6-8-12/h2-11,13H2,1H3. The Morgan fingerprint density at radius 2 is 1.64 bits per heavy atom. The van der Waals surface area contributed by atoms with Crippen molar-refractivity contribution in [3.05, 3.63) is 0 Å². The van der Waals surface area contributed by atoms with Crippen molar-refractivity contribution in [2.24, 2.45) is 11.1 Å². The quantitative estimate of drug-likeness (QED) is 0.777. The van der Waals surface area contributed by atoms with Crippen molar-refractivity contribution < 1.29 is 0 Å². The molecule has 0 heterocycles. The van der Waals surface area contributed by atoms with Crippen LogP contribution in [0.3, 0.4) is 0 Å². The minimum absolute atomic E-state index is 0.503. The van der Waals surface area contributed by atoms with Crippen LogP contribution in [0.4, 0.5) is 0 Å². The molecule has 1 aliphatic rings. The zero-order valence-corrected chi connectivity index (χ0v) is 10.4. The summed E-state index contributed by atoms with van der Waals surface area (Å²) in [5.41, 5.74) is 6.49. The van der Waals surface area contributed by atoms with Crippen LogP contribution in [0.2, 0.25) is 0 Å². The van der Waals surface area contributed by atoms with E-state index < -0.39 is 0 Å². The minimum atomic E-state index is 0.503. The maximum Gasteiger partial charge on any atom is -0.00202 e. The van der Waals surface area contributed by atoms with Crippen LogP contribution in [0.15, 0.2) is 0 Å². The lowest BCUT2D eigenvalue weighted by Crippen LogP contribution is -2.32. The van der Waals surface area contributed by atoms with Crippen LogP contribution in [-0.2, 0) is 0 Å². The van der Waals surface area contributed by atoms with Gasteiger partial charge in [-0.2, -0.15) is 11.8 Å². The first kappa shape index (κ1) is 12.4. The van der Waals surface area contributed by atoms with Crippen molar-refractivity contribution in [3.8, 4) is 0 Å². The Balaban J connectivity index is 2.44. The molecular formula is C12H25NS. The fourth-order valence-electron chi connectivity index (χ4n) is 2.53. The zero-order chi connectivity index (χ0) is 10.3. The molecule has 0 radical (unpaired) electrons. The van der Waals surface area contributed by atoms with Gasteiger partial charge in [-0.3, -0.25) is 0 Å². The van der Waals surface area contributed by atoms with Crippen LogP contribution in [-0.4, -0.2) is 18.6 Å². The van der Waals surface area contributed by atoms with E-state index in [1.807, 2.05) is 11.8 Å². The van der Waals surface area contributed by atoms with E-state index in [9.17, 15) is 0 Å². The molecule has 0 amide bonds. The molecule has 0 unspecified atom stereocenters. The summed E-state index contributed by atoms with van der Waals surface area (Å²) in [7, 11) is 0. The van der Waals surface area contributed by atoms with Gasteiger partial charge < -0.3 is 5.73 Å². The third-order valence-electron chi connectivity index (χ3n) is 3.68. The Bertz CT molecular complexity index is 134. The lowest BCUT2D eigenvalue weighted by molar-refractivity contribution is 0.212. The second-order valence-electron chi connectivity index (χ2n) is 4.71. The molecule has 0 atom stereocenters. The first-order chi connectivity index (χ1) is 6.83. The largest absolute Gasteiger partial charge is 0.330 e. The normalized spacial score (nSPS) is 22.7. The highest BCUT2D eigenvalue weighted by Crippen LogP contribution is 2.37. The summed E-state index contributed by atoms with van der Waals surface area (Å²) in [5, 5.41) is 0. The molecule has 0 aliphatic heterocycles. The van der Waals surface area contributed by atoms with E-state index in [1.165, 1.54) is 57.1 Å². The molecule has 14 heavy (non-hydrogen) atoms. The second kappa shape index (κ2) is 6.73. The Morgan fingerprint density at radius 1 is 1.07 bits per heavy atom. The molecular weight excluding hydrogens is 190 g/mol. The van der Waals surface area contributed by atoms with Crippen molar-refractivity contribution in [2.45, 2.75) is 51.4 Å². The van der Waals surface area contributed by atoms with Crippen LogP contribution in [0.5, 0.6) is 0 Å². The maximum absolute atomic E-state index is 5.99. The topological polar surface area (TPSA) is 26.0 Å². The fraction of sp³-hybridized carbons (Fsp3) is 1.00. The highest BCUT2D eigenvalue weighted by molar-refractivity contribution is 7.98. The lowest BCUT2D eigenvalue weighted by Gasteiger charge is -2.34. The van der Waals surface area contributed by atoms with E-state index in [-0.39, 0.29) is 0 Å². The highest BCUT2D eigenvalue weighted by Gasteiger charge is 2.27. The monoisotopic (exact) mass is 215 g/mol. The Kier molecular flexibility index (Phi) is 5.95.